The zero-order valence-electron chi connectivity index (χ0n) is 11.1. The fourth-order valence-electron chi connectivity index (χ4n) is 2.22. The highest BCUT2D eigenvalue weighted by atomic mass is 16.3. The molecule has 2 aromatic heterocycles. The lowest BCUT2D eigenvalue weighted by atomic mass is 10.2. The Hall–Kier alpha value is -1.81. The number of nitrogens with two attached hydrogens (primary N) is 1. The lowest BCUT2D eigenvalue weighted by Gasteiger charge is -2.23. The van der Waals surface area contributed by atoms with Gasteiger partial charge in [-0.15, -0.1) is 0 Å². The normalized spacial score (nSPS) is 16.3. The first-order chi connectivity index (χ1) is 9.24. The van der Waals surface area contributed by atoms with Crippen LogP contribution < -0.4 is 10.6 Å². The molecule has 19 heavy (non-hydrogen) atoms. The molecule has 1 atom stereocenters. The maximum atomic E-state index is 5.83. The second-order valence-electron chi connectivity index (χ2n) is 5.17. The lowest BCUT2D eigenvalue weighted by Crippen LogP contribution is -2.25. The molecule has 0 saturated heterocycles. The molecule has 2 N–H and O–H groups in total. The predicted molar refractivity (Wildman–Crippen MR) is 74.8 cm³/mol. The number of hydrogen-bond donors (Lipinski definition) is 1. The van der Waals surface area contributed by atoms with Gasteiger partial charge in [-0.25, -0.2) is 0 Å². The molecule has 0 aliphatic heterocycles. The number of anilines is 1. The average molecular weight is 257 g/mol. The molecule has 0 radical (unpaired) electrons. The molecule has 1 aliphatic carbocycles. The van der Waals surface area contributed by atoms with E-state index < -0.39 is 0 Å². The van der Waals surface area contributed by atoms with Crippen LogP contribution in [0.15, 0.2) is 41.1 Å². The SMILES string of the molecule is C[C@@H](N)c1ccc(N(Cc2ccco2)C2CC2)cn1. The summed E-state index contributed by atoms with van der Waals surface area (Å²) in [4.78, 5) is 6.80. The summed E-state index contributed by atoms with van der Waals surface area (Å²) in [6, 6.07) is 8.66. The zero-order chi connectivity index (χ0) is 13.2. The first kappa shape index (κ1) is 12.2. The van der Waals surface area contributed by atoms with E-state index in [0.717, 1.165) is 23.7 Å². The van der Waals surface area contributed by atoms with Crippen LogP contribution in [0.1, 0.15) is 37.3 Å². The summed E-state index contributed by atoms with van der Waals surface area (Å²) in [6.45, 7) is 2.75. The minimum Gasteiger partial charge on any atom is -0.467 e. The molecule has 0 aromatic carbocycles. The lowest BCUT2D eigenvalue weighted by molar-refractivity contribution is 0.501. The second-order valence-corrected chi connectivity index (χ2v) is 5.17. The number of nitrogens with zero attached hydrogens (tertiary/aromatic N) is 2. The fourth-order valence-corrected chi connectivity index (χ4v) is 2.22. The molecular formula is C15H19N3O. The minimum atomic E-state index is -0.0199. The van der Waals surface area contributed by atoms with E-state index in [1.165, 1.54) is 12.8 Å². The molecule has 0 bridgehead atoms. The van der Waals surface area contributed by atoms with Crippen molar-refractivity contribution in [1.82, 2.24) is 4.98 Å². The van der Waals surface area contributed by atoms with Crippen LogP contribution in [0, 0.1) is 0 Å². The van der Waals surface area contributed by atoms with E-state index in [1.54, 1.807) is 6.26 Å². The molecule has 3 rings (SSSR count). The van der Waals surface area contributed by atoms with E-state index in [2.05, 4.69) is 16.0 Å². The number of pyridine rings is 1. The molecule has 0 spiro atoms. The van der Waals surface area contributed by atoms with Crippen LogP contribution in [-0.2, 0) is 6.54 Å². The van der Waals surface area contributed by atoms with Gasteiger partial charge in [0.2, 0.25) is 0 Å². The Balaban J connectivity index is 1.79. The molecule has 4 nitrogen and oxygen atoms in total. The minimum absolute atomic E-state index is 0.0199. The van der Waals surface area contributed by atoms with Crippen LogP contribution in [0.2, 0.25) is 0 Å². The maximum Gasteiger partial charge on any atom is 0.123 e. The van der Waals surface area contributed by atoms with Crippen LogP contribution >= 0.6 is 0 Å². The Morgan fingerprint density at radius 3 is 2.79 bits per heavy atom. The van der Waals surface area contributed by atoms with E-state index in [1.807, 2.05) is 31.3 Å². The van der Waals surface area contributed by atoms with Crippen LogP contribution in [0.3, 0.4) is 0 Å². The third-order valence-corrected chi connectivity index (χ3v) is 3.46. The van der Waals surface area contributed by atoms with Crippen molar-refractivity contribution < 1.29 is 4.42 Å². The Labute approximate surface area is 113 Å². The van der Waals surface area contributed by atoms with Gasteiger partial charge >= 0.3 is 0 Å². The topological polar surface area (TPSA) is 55.3 Å². The summed E-state index contributed by atoms with van der Waals surface area (Å²) in [7, 11) is 0. The predicted octanol–water partition coefficient (Wildman–Crippen LogP) is 2.86. The van der Waals surface area contributed by atoms with Crippen molar-refractivity contribution in [2.75, 3.05) is 4.90 Å². The monoisotopic (exact) mass is 257 g/mol. The van der Waals surface area contributed by atoms with Gasteiger partial charge in [0.15, 0.2) is 0 Å². The van der Waals surface area contributed by atoms with Gasteiger partial charge in [-0.05, 0) is 44.0 Å². The van der Waals surface area contributed by atoms with Gasteiger partial charge in [0.25, 0.3) is 0 Å². The average Bonchev–Trinajstić information content (AvgIpc) is 3.13. The Morgan fingerprint density at radius 2 is 2.26 bits per heavy atom. The van der Waals surface area contributed by atoms with Crippen LogP contribution in [-0.4, -0.2) is 11.0 Å². The number of hydrogen-bond acceptors (Lipinski definition) is 4. The third kappa shape index (κ3) is 2.79. The smallest absolute Gasteiger partial charge is 0.123 e. The van der Waals surface area contributed by atoms with Gasteiger partial charge < -0.3 is 15.1 Å². The van der Waals surface area contributed by atoms with Gasteiger partial charge in [0.1, 0.15) is 5.76 Å². The quantitative estimate of drug-likeness (QED) is 0.894. The number of furan rings is 1. The molecule has 2 aromatic rings. The summed E-state index contributed by atoms with van der Waals surface area (Å²) in [6.07, 6.45) is 6.13. The van der Waals surface area contributed by atoms with Crippen molar-refractivity contribution in [2.45, 2.75) is 38.4 Å². The number of rotatable bonds is 5. The van der Waals surface area contributed by atoms with Gasteiger partial charge in [-0.2, -0.15) is 0 Å². The van der Waals surface area contributed by atoms with Gasteiger partial charge in [-0.1, -0.05) is 0 Å². The van der Waals surface area contributed by atoms with Gasteiger partial charge in [0, 0.05) is 12.1 Å². The van der Waals surface area contributed by atoms with Crippen molar-refractivity contribution >= 4 is 5.69 Å². The van der Waals surface area contributed by atoms with E-state index in [-0.39, 0.29) is 6.04 Å². The van der Waals surface area contributed by atoms with E-state index in [9.17, 15) is 0 Å². The van der Waals surface area contributed by atoms with Crippen LogP contribution in [0.5, 0.6) is 0 Å². The fraction of sp³-hybridized carbons (Fsp3) is 0.400. The van der Waals surface area contributed by atoms with E-state index in [0.29, 0.717) is 6.04 Å². The van der Waals surface area contributed by atoms with Gasteiger partial charge in [-0.3, -0.25) is 4.98 Å². The second kappa shape index (κ2) is 5.05. The highest BCUT2D eigenvalue weighted by molar-refractivity contribution is 5.47. The van der Waals surface area contributed by atoms with E-state index in [4.69, 9.17) is 10.2 Å². The maximum absolute atomic E-state index is 5.83. The first-order valence-corrected chi connectivity index (χ1v) is 6.74. The zero-order valence-corrected chi connectivity index (χ0v) is 11.1. The van der Waals surface area contributed by atoms with Crippen molar-refractivity contribution in [2.24, 2.45) is 5.73 Å². The molecule has 4 heteroatoms. The Bertz CT molecular complexity index is 515. The summed E-state index contributed by atoms with van der Waals surface area (Å²) in [5.41, 5.74) is 7.90. The van der Waals surface area contributed by atoms with Crippen LogP contribution in [0.25, 0.3) is 0 Å². The van der Waals surface area contributed by atoms with Crippen molar-refractivity contribution in [3.63, 3.8) is 0 Å². The highest BCUT2D eigenvalue weighted by Crippen LogP contribution is 2.33. The van der Waals surface area contributed by atoms with Gasteiger partial charge in [0.05, 0.1) is 30.4 Å². The molecule has 100 valence electrons. The highest BCUT2D eigenvalue weighted by Gasteiger charge is 2.30. The van der Waals surface area contributed by atoms with Crippen molar-refractivity contribution in [3.05, 3.63) is 48.2 Å². The molecule has 2 heterocycles. The Kier molecular flexibility index (Phi) is 3.25. The standard InChI is InChI=1S/C15H19N3O/c1-11(16)15-7-6-13(9-17-15)18(12-4-5-12)10-14-3-2-8-19-14/h2-3,6-9,11-12H,4-5,10,16H2,1H3/t11-/m1/s1. The summed E-state index contributed by atoms with van der Waals surface area (Å²) < 4.78 is 5.44. The Morgan fingerprint density at radius 1 is 1.42 bits per heavy atom. The molecule has 0 amide bonds. The number of aromatic nitrogens is 1. The van der Waals surface area contributed by atoms with E-state index >= 15 is 0 Å². The molecular weight excluding hydrogens is 238 g/mol. The summed E-state index contributed by atoms with van der Waals surface area (Å²) >= 11 is 0. The third-order valence-electron chi connectivity index (χ3n) is 3.46. The summed E-state index contributed by atoms with van der Waals surface area (Å²) in [5.74, 6) is 0.989. The molecule has 0 unspecified atom stereocenters. The largest absolute Gasteiger partial charge is 0.467 e. The summed E-state index contributed by atoms with van der Waals surface area (Å²) in [5, 5.41) is 0. The van der Waals surface area contributed by atoms with Crippen LogP contribution in [0.4, 0.5) is 5.69 Å². The van der Waals surface area contributed by atoms with Crippen molar-refractivity contribution in [3.8, 4) is 0 Å². The first-order valence-electron chi connectivity index (χ1n) is 6.74. The molecule has 1 fully saturated rings. The molecule has 1 saturated carbocycles. The molecule has 1 aliphatic rings. The van der Waals surface area contributed by atoms with Crippen molar-refractivity contribution in [1.29, 1.82) is 0 Å².